The molecule has 0 aromatic heterocycles. The molecule has 78 valence electrons. The zero-order chi connectivity index (χ0) is 11.1. The second kappa shape index (κ2) is 3.62. The monoisotopic (exact) mass is 265 g/mol. The Morgan fingerprint density at radius 2 is 2.20 bits per heavy atom. The van der Waals surface area contributed by atoms with Crippen molar-refractivity contribution < 1.29 is 5.11 Å². The second-order valence-corrected chi connectivity index (χ2v) is 4.99. The number of hydrogen-bond acceptors (Lipinski definition) is 2. The Balaban J connectivity index is 2.49. The van der Waals surface area contributed by atoms with E-state index in [2.05, 4.69) is 22.0 Å². The van der Waals surface area contributed by atoms with Crippen molar-refractivity contribution in [2.75, 3.05) is 0 Å². The van der Waals surface area contributed by atoms with Crippen LogP contribution in [0.1, 0.15) is 30.9 Å². The molecule has 1 N–H and O–H groups in total. The lowest BCUT2D eigenvalue weighted by Crippen LogP contribution is -2.23. The van der Waals surface area contributed by atoms with E-state index in [9.17, 15) is 5.11 Å². The van der Waals surface area contributed by atoms with E-state index in [1.54, 1.807) is 6.07 Å². The minimum absolute atomic E-state index is 0.119. The molecule has 0 aliphatic heterocycles. The highest BCUT2D eigenvalue weighted by atomic mass is 79.9. The third-order valence-electron chi connectivity index (χ3n) is 3.22. The van der Waals surface area contributed by atoms with E-state index < -0.39 is 0 Å². The number of hydrogen-bond donors (Lipinski definition) is 1. The van der Waals surface area contributed by atoms with E-state index >= 15 is 0 Å². The molecule has 1 unspecified atom stereocenters. The number of aliphatic hydroxyl groups is 1. The minimum atomic E-state index is -0.359. The van der Waals surface area contributed by atoms with Crippen LogP contribution in [0.3, 0.4) is 0 Å². The first-order chi connectivity index (χ1) is 7.10. The van der Waals surface area contributed by atoms with Gasteiger partial charge in [-0.2, -0.15) is 5.26 Å². The molecule has 0 radical (unpaired) electrons. The van der Waals surface area contributed by atoms with Crippen LogP contribution in [0.4, 0.5) is 0 Å². The van der Waals surface area contributed by atoms with E-state index in [1.807, 2.05) is 19.1 Å². The van der Waals surface area contributed by atoms with Gasteiger partial charge in [0.25, 0.3) is 0 Å². The van der Waals surface area contributed by atoms with Gasteiger partial charge in [-0.3, -0.25) is 0 Å². The molecule has 0 amide bonds. The van der Waals surface area contributed by atoms with Gasteiger partial charge in [-0.05, 0) is 43.5 Å². The molecule has 0 bridgehead atoms. The Kier molecular flexibility index (Phi) is 2.57. The summed E-state index contributed by atoms with van der Waals surface area (Å²) in [5.74, 6) is 0. The van der Waals surface area contributed by atoms with E-state index in [0.29, 0.717) is 5.56 Å². The summed E-state index contributed by atoms with van der Waals surface area (Å²) in [7, 11) is 0. The normalized spacial score (nSPS) is 19.3. The minimum Gasteiger partial charge on any atom is -0.392 e. The maximum absolute atomic E-state index is 9.78. The Labute approximate surface area is 97.7 Å². The van der Waals surface area contributed by atoms with E-state index in [0.717, 1.165) is 22.9 Å². The van der Waals surface area contributed by atoms with Crippen LogP contribution in [0.25, 0.3) is 0 Å². The molecule has 0 heterocycles. The molecule has 0 spiro atoms. The average molecular weight is 266 g/mol. The van der Waals surface area contributed by atoms with Crippen LogP contribution in [0.2, 0.25) is 0 Å². The van der Waals surface area contributed by atoms with Crippen molar-refractivity contribution in [2.24, 2.45) is 0 Å². The standard InChI is InChI=1S/C12H12BrNO/c1-8(15)12(4-5-12)10-6-9(7-14)2-3-11(10)13/h2-3,6,8,15H,4-5H2,1H3. The molecular formula is C12H12BrNO. The number of nitrogens with zero attached hydrogens (tertiary/aromatic N) is 1. The third-order valence-corrected chi connectivity index (χ3v) is 3.91. The van der Waals surface area contributed by atoms with Gasteiger partial charge >= 0.3 is 0 Å². The molecule has 1 aliphatic carbocycles. The van der Waals surface area contributed by atoms with E-state index in [1.165, 1.54) is 0 Å². The van der Waals surface area contributed by atoms with Gasteiger partial charge in [-0.25, -0.2) is 0 Å². The second-order valence-electron chi connectivity index (χ2n) is 4.14. The molecule has 3 heteroatoms. The summed E-state index contributed by atoms with van der Waals surface area (Å²) < 4.78 is 0.986. The highest BCUT2D eigenvalue weighted by molar-refractivity contribution is 9.10. The largest absolute Gasteiger partial charge is 0.392 e. The van der Waals surface area contributed by atoms with Crippen LogP contribution in [0.15, 0.2) is 22.7 Å². The fourth-order valence-electron chi connectivity index (χ4n) is 2.02. The van der Waals surface area contributed by atoms with Crippen molar-refractivity contribution in [1.29, 1.82) is 5.26 Å². The van der Waals surface area contributed by atoms with Crippen molar-refractivity contribution in [1.82, 2.24) is 0 Å². The summed E-state index contributed by atoms with van der Waals surface area (Å²) in [5.41, 5.74) is 1.60. The Hall–Kier alpha value is -0.850. The van der Waals surface area contributed by atoms with Gasteiger partial charge in [0, 0.05) is 9.89 Å². The van der Waals surface area contributed by atoms with Crippen LogP contribution < -0.4 is 0 Å². The number of aliphatic hydroxyl groups excluding tert-OH is 1. The van der Waals surface area contributed by atoms with Gasteiger partial charge in [0.05, 0.1) is 17.7 Å². The maximum Gasteiger partial charge on any atom is 0.0991 e. The SMILES string of the molecule is CC(O)C1(c2cc(C#N)ccc2Br)CC1. The molecule has 0 saturated heterocycles. The van der Waals surface area contributed by atoms with Crippen molar-refractivity contribution in [2.45, 2.75) is 31.3 Å². The van der Waals surface area contributed by atoms with Crippen molar-refractivity contribution >= 4 is 15.9 Å². The molecule has 1 saturated carbocycles. The third kappa shape index (κ3) is 1.68. The number of rotatable bonds is 2. The molecule has 1 atom stereocenters. The average Bonchev–Trinajstić information content (AvgIpc) is 2.99. The molecule has 1 aromatic rings. The Bertz CT molecular complexity index is 430. The van der Waals surface area contributed by atoms with Gasteiger partial charge in [0.1, 0.15) is 0 Å². The maximum atomic E-state index is 9.78. The molecule has 1 fully saturated rings. The number of halogens is 1. The highest BCUT2D eigenvalue weighted by Gasteiger charge is 2.49. The quantitative estimate of drug-likeness (QED) is 0.894. The van der Waals surface area contributed by atoms with Crippen molar-refractivity contribution in [3.8, 4) is 6.07 Å². The predicted molar refractivity (Wildman–Crippen MR) is 61.4 cm³/mol. The molecule has 1 aliphatic rings. The highest BCUT2D eigenvalue weighted by Crippen LogP contribution is 2.53. The van der Waals surface area contributed by atoms with Crippen LogP contribution >= 0.6 is 15.9 Å². The summed E-state index contributed by atoms with van der Waals surface area (Å²) in [6.07, 6.45) is 1.64. The zero-order valence-electron chi connectivity index (χ0n) is 8.50. The summed E-state index contributed by atoms with van der Waals surface area (Å²) in [4.78, 5) is 0. The predicted octanol–water partition coefficient (Wildman–Crippen LogP) is 2.73. The molecule has 2 nitrogen and oxygen atoms in total. The summed E-state index contributed by atoms with van der Waals surface area (Å²) in [6, 6.07) is 7.68. The fraction of sp³-hybridized carbons (Fsp3) is 0.417. The first-order valence-electron chi connectivity index (χ1n) is 4.98. The smallest absolute Gasteiger partial charge is 0.0991 e. The molecule has 15 heavy (non-hydrogen) atoms. The number of benzene rings is 1. The first-order valence-corrected chi connectivity index (χ1v) is 5.77. The lowest BCUT2D eigenvalue weighted by molar-refractivity contribution is 0.150. The van der Waals surface area contributed by atoms with Crippen LogP contribution in [-0.2, 0) is 5.41 Å². The number of nitriles is 1. The summed E-state index contributed by atoms with van der Waals surface area (Å²) >= 11 is 3.48. The first kappa shape index (κ1) is 10.7. The van der Waals surface area contributed by atoms with Crippen LogP contribution in [-0.4, -0.2) is 11.2 Å². The summed E-state index contributed by atoms with van der Waals surface area (Å²) in [5, 5.41) is 18.6. The van der Waals surface area contributed by atoms with Crippen LogP contribution in [0.5, 0.6) is 0 Å². The Morgan fingerprint density at radius 3 is 2.67 bits per heavy atom. The van der Waals surface area contributed by atoms with Crippen LogP contribution in [0, 0.1) is 11.3 Å². The van der Waals surface area contributed by atoms with Gasteiger partial charge in [0.2, 0.25) is 0 Å². The topological polar surface area (TPSA) is 44.0 Å². The lowest BCUT2D eigenvalue weighted by Gasteiger charge is -2.20. The lowest BCUT2D eigenvalue weighted by atomic mass is 9.90. The Morgan fingerprint density at radius 1 is 1.53 bits per heavy atom. The fourth-order valence-corrected chi connectivity index (χ4v) is 2.66. The summed E-state index contributed by atoms with van der Waals surface area (Å²) in [6.45, 7) is 1.82. The molecule has 1 aromatic carbocycles. The van der Waals surface area contributed by atoms with Crippen molar-refractivity contribution in [3.05, 3.63) is 33.8 Å². The molecule has 2 rings (SSSR count). The molecular weight excluding hydrogens is 254 g/mol. The van der Waals surface area contributed by atoms with Gasteiger partial charge in [-0.1, -0.05) is 15.9 Å². The van der Waals surface area contributed by atoms with Gasteiger partial charge in [-0.15, -0.1) is 0 Å². The zero-order valence-corrected chi connectivity index (χ0v) is 10.1. The van der Waals surface area contributed by atoms with Gasteiger partial charge < -0.3 is 5.11 Å². The van der Waals surface area contributed by atoms with E-state index in [4.69, 9.17) is 5.26 Å². The van der Waals surface area contributed by atoms with E-state index in [-0.39, 0.29) is 11.5 Å². The van der Waals surface area contributed by atoms with Crippen molar-refractivity contribution in [3.63, 3.8) is 0 Å². The van der Waals surface area contributed by atoms with Gasteiger partial charge in [0.15, 0.2) is 0 Å².